The first kappa shape index (κ1) is 17.4. The third-order valence-corrected chi connectivity index (χ3v) is 4.27. The highest BCUT2D eigenvalue weighted by molar-refractivity contribution is 7.99. The van der Waals surface area contributed by atoms with Gasteiger partial charge in [-0.25, -0.2) is 0 Å². The Labute approximate surface area is 134 Å². The predicted molar refractivity (Wildman–Crippen MR) is 83.8 cm³/mol. The molecule has 0 aliphatic heterocycles. The van der Waals surface area contributed by atoms with E-state index < -0.39 is 0 Å². The Morgan fingerprint density at radius 1 is 1.19 bits per heavy atom. The molecule has 0 fully saturated rings. The fraction of sp³-hybridized carbons (Fsp3) is 0.400. The summed E-state index contributed by atoms with van der Waals surface area (Å²) in [5, 5.41) is 17.9. The van der Waals surface area contributed by atoms with E-state index in [4.69, 9.17) is 22.1 Å². The van der Waals surface area contributed by atoms with Crippen LogP contribution in [-0.2, 0) is 4.79 Å². The van der Waals surface area contributed by atoms with E-state index in [0.717, 1.165) is 4.90 Å². The molecule has 21 heavy (non-hydrogen) atoms. The predicted octanol–water partition coefficient (Wildman–Crippen LogP) is 3.48. The fourth-order valence-corrected chi connectivity index (χ4v) is 2.88. The van der Waals surface area contributed by atoms with Crippen molar-refractivity contribution in [2.45, 2.75) is 24.2 Å². The van der Waals surface area contributed by atoms with Gasteiger partial charge in [0.25, 0.3) is 0 Å². The molecule has 0 saturated heterocycles. The van der Waals surface area contributed by atoms with Crippen LogP contribution in [-0.4, -0.2) is 29.6 Å². The molecule has 1 aromatic carbocycles. The van der Waals surface area contributed by atoms with E-state index in [1.165, 1.54) is 11.8 Å². The van der Waals surface area contributed by atoms with Crippen molar-refractivity contribution in [2.24, 2.45) is 0 Å². The van der Waals surface area contributed by atoms with E-state index in [2.05, 4.69) is 0 Å². The minimum absolute atomic E-state index is 0.0277. The van der Waals surface area contributed by atoms with Crippen molar-refractivity contribution >= 4 is 29.3 Å². The third kappa shape index (κ3) is 6.53. The van der Waals surface area contributed by atoms with Crippen molar-refractivity contribution in [1.29, 1.82) is 10.5 Å². The standard InChI is InChI=1S/C15H16ClN3OS/c16-13-5-1-2-6-14(13)21-12-7-15(20)19(10-3-8-17)11-4-9-18/h1-2,5-6H,3-4,7,10-12H2. The van der Waals surface area contributed by atoms with Crippen LogP contribution in [0, 0.1) is 22.7 Å². The topological polar surface area (TPSA) is 67.9 Å². The summed E-state index contributed by atoms with van der Waals surface area (Å²) in [6, 6.07) is 11.5. The van der Waals surface area contributed by atoms with Gasteiger partial charge in [0, 0.05) is 30.2 Å². The number of thioether (sulfide) groups is 1. The number of carbonyl (C=O) groups excluding carboxylic acids is 1. The lowest BCUT2D eigenvalue weighted by molar-refractivity contribution is -0.130. The normalized spacial score (nSPS) is 9.67. The Kier molecular flexibility index (Phi) is 8.35. The molecule has 6 heteroatoms. The van der Waals surface area contributed by atoms with Crippen molar-refractivity contribution < 1.29 is 4.79 Å². The van der Waals surface area contributed by atoms with Gasteiger partial charge in [0.1, 0.15) is 0 Å². The van der Waals surface area contributed by atoms with Gasteiger partial charge in [0.2, 0.25) is 5.91 Å². The lowest BCUT2D eigenvalue weighted by Crippen LogP contribution is -2.32. The first-order valence-corrected chi connectivity index (χ1v) is 7.94. The molecule has 0 spiro atoms. The Morgan fingerprint density at radius 3 is 2.38 bits per heavy atom. The SMILES string of the molecule is N#CCCN(CCC#N)C(=O)CCSc1ccccc1Cl. The fourth-order valence-electron chi connectivity index (χ4n) is 1.70. The average molecular weight is 322 g/mol. The molecule has 0 heterocycles. The summed E-state index contributed by atoms with van der Waals surface area (Å²) in [7, 11) is 0. The van der Waals surface area contributed by atoms with Crippen LogP contribution in [0.25, 0.3) is 0 Å². The summed E-state index contributed by atoms with van der Waals surface area (Å²) < 4.78 is 0. The highest BCUT2D eigenvalue weighted by Gasteiger charge is 2.13. The Balaban J connectivity index is 2.44. The number of nitrogens with zero attached hydrogens (tertiary/aromatic N) is 3. The number of hydrogen-bond donors (Lipinski definition) is 0. The van der Waals surface area contributed by atoms with Crippen LogP contribution in [0.2, 0.25) is 5.02 Å². The second kappa shape index (κ2) is 10.1. The smallest absolute Gasteiger partial charge is 0.223 e. The molecule has 4 nitrogen and oxygen atoms in total. The van der Waals surface area contributed by atoms with Crippen molar-refractivity contribution in [2.75, 3.05) is 18.8 Å². The van der Waals surface area contributed by atoms with E-state index in [9.17, 15) is 4.79 Å². The van der Waals surface area contributed by atoms with Gasteiger partial charge in [0.15, 0.2) is 0 Å². The molecule has 0 aliphatic carbocycles. The number of nitriles is 2. The minimum Gasteiger partial charge on any atom is -0.341 e. The molecule has 0 bridgehead atoms. The van der Waals surface area contributed by atoms with Crippen LogP contribution in [0.4, 0.5) is 0 Å². The molecular formula is C15H16ClN3OS. The number of rotatable bonds is 8. The van der Waals surface area contributed by atoms with Gasteiger partial charge in [-0.2, -0.15) is 10.5 Å². The Bertz CT molecular complexity index is 533. The summed E-state index contributed by atoms with van der Waals surface area (Å²) in [5.41, 5.74) is 0. The average Bonchev–Trinajstić information content (AvgIpc) is 2.49. The zero-order chi connectivity index (χ0) is 15.5. The number of amides is 1. The van der Waals surface area contributed by atoms with Gasteiger partial charge in [-0.1, -0.05) is 23.7 Å². The first-order chi connectivity index (χ1) is 10.2. The molecule has 0 aliphatic rings. The molecular weight excluding hydrogens is 306 g/mol. The molecule has 0 radical (unpaired) electrons. The zero-order valence-electron chi connectivity index (χ0n) is 11.6. The monoisotopic (exact) mass is 321 g/mol. The van der Waals surface area contributed by atoms with Crippen LogP contribution in [0.3, 0.4) is 0 Å². The van der Waals surface area contributed by atoms with Crippen molar-refractivity contribution in [3.8, 4) is 12.1 Å². The molecule has 1 rings (SSSR count). The van der Waals surface area contributed by atoms with Crippen molar-refractivity contribution in [3.63, 3.8) is 0 Å². The summed E-state index contributed by atoms with van der Waals surface area (Å²) in [4.78, 5) is 14.6. The van der Waals surface area contributed by atoms with Crippen molar-refractivity contribution in [1.82, 2.24) is 4.90 Å². The van der Waals surface area contributed by atoms with E-state index in [0.29, 0.717) is 30.3 Å². The highest BCUT2D eigenvalue weighted by atomic mass is 35.5. The van der Waals surface area contributed by atoms with Crippen LogP contribution in [0.1, 0.15) is 19.3 Å². The van der Waals surface area contributed by atoms with Crippen LogP contribution >= 0.6 is 23.4 Å². The summed E-state index contributed by atoms with van der Waals surface area (Å²) in [5.74, 6) is 0.595. The van der Waals surface area contributed by atoms with E-state index >= 15 is 0 Å². The zero-order valence-corrected chi connectivity index (χ0v) is 13.2. The largest absolute Gasteiger partial charge is 0.341 e. The first-order valence-electron chi connectivity index (χ1n) is 6.58. The summed E-state index contributed by atoms with van der Waals surface area (Å²) in [6.07, 6.45) is 0.941. The van der Waals surface area contributed by atoms with Gasteiger partial charge < -0.3 is 4.90 Å². The van der Waals surface area contributed by atoms with E-state index in [-0.39, 0.29) is 18.7 Å². The molecule has 0 aromatic heterocycles. The second-order valence-corrected chi connectivity index (χ2v) is 5.77. The van der Waals surface area contributed by atoms with Crippen LogP contribution in [0.15, 0.2) is 29.2 Å². The number of benzene rings is 1. The third-order valence-electron chi connectivity index (χ3n) is 2.75. The number of halogens is 1. The van der Waals surface area contributed by atoms with E-state index in [1.54, 1.807) is 4.90 Å². The van der Waals surface area contributed by atoms with Crippen LogP contribution < -0.4 is 0 Å². The Hall–Kier alpha value is -1.69. The molecule has 0 saturated carbocycles. The van der Waals surface area contributed by atoms with Gasteiger partial charge in [-0.3, -0.25) is 4.79 Å². The molecule has 1 amide bonds. The molecule has 1 aromatic rings. The summed E-state index contributed by atoms with van der Waals surface area (Å²) in [6.45, 7) is 0.765. The van der Waals surface area contributed by atoms with Crippen molar-refractivity contribution in [3.05, 3.63) is 29.3 Å². The molecule has 0 unspecified atom stereocenters. The number of hydrogen-bond acceptors (Lipinski definition) is 4. The molecule has 0 N–H and O–H groups in total. The molecule has 110 valence electrons. The summed E-state index contributed by atoms with van der Waals surface area (Å²) >= 11 is 7.58. The lowest BCUT2D eigenvalue weighted by atomic mass is 10.3. The number of carbonyl (C=O) groups is 1. The van der Waals surface area contributed by atoms with Gasteiger partial charge in [-0.15, -0.1) is 11.8 Å². The maximum Gasteiger partial charge on any atom is 0.223 e. The Morgan fingerprint density at radius 2 is 1.81 bits per heavy atom. The maximum absolute atomic E-state index is 12.1. The van der Waals surface area contributed by atoms with Gasteiger partial charge in [0.05, 0.1) is 30.0 Å². The minimum atomic E-state index is -0.0277. The van der Waals surface area contributed by atoms with Crippen LogP contribution in [0.5, 0.6) is 0 Å². The maximum atomic E-state index is 12.1. The lowest BCUT2D eigenvalue weighted by Gasteiger charge is -2.20. The second-order valence-electron chi connectivity index (χ2n) is 4.23. The van der Waals surface area contributed by atoms with E-state index in [1.807, 2.05) is 36.4 Å². The highest BCUT2D eigenvalue weighted by Crippen LogP contribution is 2.27. The van der Waals surface area contributed by atoms with Gasteiger partial charge >= 0.3 is 0 Å². The quantitative estimate of drug-likeness (QED) is 0.687. The van der Waals surface area contributed by atoms with Gasteiger partial charge in [-0.05, 0) is 12.1 Å². The molecule has 0 atom stereocenters.